The molecule has 3 aromatic rings. The van der Waals surface area contributed by atoms with E-state index in [0.717, 1.165) is 21.9 Å². The monoisotopic (exact) mass is 479 g/mol. The summed E-state index contributed by atoms with van der Waals surface area (Å²) in [4.78, 5) is 14.6. The Labute approximate surface area is 190 Å². The average molecular weight is 480 g/mol. The van der Waals surface area contributed by atoms with E-state index < -0.39 is 21.7 Å². The van der Waals surface area contributed by atoms with Gasteiger partial charge in [-0.3, -0.25) is 9.47 Å². The van der Waals surface area contributed by atoms with E-state index in [1.54, 1.807) is 13.8 Å². The van der Waals surface area contributed by atoms with Gasteiger partial charge >= 0.3 is 6.03 Å². The summed E-state index contributed by atoms with van der Waals surface area (Å²) in [5.41, 5.74) is 1.64. The SMILES string of the molecule is Cc1cc(C)cc(S(=O)(=O)c2cn(C(=O)NCN3CCOCC3)c3ccc(Cl)c(F)c23)c1. The summed E-state index contributed by atoms with van der Waals surface area (Å²) in [5, 5.41) is 2.33. The lowest BCUT2D eigenvalue weighted by atomic mass is 10.2. The van der Waals surface area contributed by atoms with Crippen molar-refractivity contribution in [3.05, 3.63) is 58.5 Å². The van der Waals surface area contributed by atoms with Gasteiger partial charge in [0, 0.05) is 19.3 Å². The van der Waals surface area contributed by atoms with Crippen molar-refractivity contribution in [2.45, 2.75) is 23.6 Å². The van der Waals surface area contributed by atoms with Crippen LogP contribution in [0.1, 0.15) is 11.1 Å². The molecule has 0 bridgehead atoms. The summed E-state index contributed by atoms with van der Waals surface area (Å²) < 4.78 is 48.4. The van der Waals surface area contributed by atoms with E-state index in [2.05, 4.69) is 5.32 Å². The predicted octanol–water partition coefficient (Wildman–Crippen LogP) is 3.73. The average Bonchev–Trinajstić information content (AvgIpc) is 3.16. The first-order chi connectivity index (χ1) is 15.2. The summed E-state index contributed by atoms with van der Waals surface area (Å²) in [6.45, 7) is 6.32. The molecule has 32 heavy (non-hydrogen) atoms. The lowest BCUT2D eigenvalue weighted by molar-refractivity contribution is 0.0356. The summed E-state index contributed by atoms with van der Waals surface area (Å²) in [7, 11) is -4.12. The highest BCUT2D eigenvalue weighted by Crippen LogP contribution is 2.35. The molecule has 2 aromatic carbocycles. The molecule has 1 N–H and O–H groups in total. The minimum atomic E-state index is -4.12. The number of nitrogens with one attached hydrogen (secondary N) is 1. The Morgan fingerprint density at radius 1 is 1.16 bits per heavy atom. The number of morpholine rings is 1. The molecule has 1 fully saturated rings. The van der Waals surface area contributed by atoms with E-state index in [-0.39, 0.29) is 32.4 Å². The first kappa shape index (κ1) is 22.7. The summed E-state index contributed by atoms with van der Waals surface area (Å²) >= 11 is 5.96. The van der Waals surface area contributed by atoms with Crippen LogP contribution in [0.15, 0.2) is 46.3 Å². The molecule has 1 saturated heterocycles. The Morgan fingerprint density at radius 3 is 2.47 bits per heavy atom. The van der Waals surface area contributed by atoms with Crippen molar-refractivity contribution in [3.8, 4) is 0 Å². The number of fused-ring (bicyclic) bond motifs is 1. The fourth-order valence-corrected chi connectivity index (χ4v) is 5.64. The van der Waals surface area contributed by atoms with Gasteiger partial charge in [-0.15, -0.1) is 0 Å². The van der Waals surface area contributed by atoms with Crippen LogP contribution in [-0.4, -0.2) is 56.9 Å². The maximum Gasteiger partial charge on any atom is 0.327 e. The van der Waals surface area contributed by atoms with Crippen LogP contribution < -0.4 is 5.32 Å². The third kappa shape index (κ3) is 4.25. The minimum Gasteiger partial charge on any atom is -0.379 e. The molecule has 1 aromatic heterocycles. The number of nitrogens with zero attached hydrogens (tertiary/aromatic N) is 2. The van der Waals surface area contributed by atoms with Crippen LogP contribution >= 0.6 is 11.6 Å². The number of aromatic nitrogens is 1. The quantitative estimate of drug-likeness (QED) is 0.616. The third-order valence-corrected chi connectivity index (χ3v) is 7.43. The minimum absolute atomic E-state index is 0.0298. The van der Waals surface area contributed by atoms with Crippen LogP contribution in [0, 0.1) is 19.7 Å². The fourth-order valence-electron chi connectivity index (χ4n) is 3.84. The molecular weight excluding hydrogens is 457 g/mol. The van der Waals surface area contributed by atoms with E-state index in [4.69, 9.17) is 16.3 Å². The standard InChI is InChI=1S/C22H23ClFN3O4S/c1-14-9-15(2)11-16(10-14)32(29,30)19-12-27(18-4-3-17(23)21(24)20(18)19)22(28)25-13-26-5-7-31-8-6-26/h3-4,9-12H,5-8,13H2,1-2H3,(H,25,28). The van der Waals surface area contributed by atoms with E-state index in [9.17, 15) is 13.2 Å². The molecule has 10 heteroatoms. The van der Waals surface area contributed by atoms with Gasteiger partial charge in [-0.25, -0.2) is 17.6 Å². The second-order valence-corrected chi connectivity index (χ2v) is 10.1. The predicted molar refractivity (Wildman–Crippen MR) is 119 cm³/mol. The van der Waals surface area contributed by atoms with E-state index >= 15 is 4.39 Å². The first-order valence-corrected chi connectivity index (χ1v) is 12.0. The zero-order valence-corrected chi connectivity index (χ0v) is 19.3. The molecule has 7 nitrogen and oxygen atoms in total. The number of carbonyl (C=O) groups excluding carboxylic acids is 1. The van der Waals surface area contributed by atoms with Crippen molar-refractivity contribution in [1.29, 1.82) is 0 Å². The highest BCUT2D eigenvalue weighted by atomic mass is 35.5. The molecule has 0 radical (unpaired) electrons. The molecule has 0 aliphatic carbocycles. The van der Waals surface area contributed by atoms with Crippen molar-refractivity contribution in [3.63, 3.8) is 0 Å². The number of sulfone groups is 1. The van der Waals surface area contributed by atoms with Crippen molar-refractivity contribution >= 4 is 38.4 Å². The molecule has 1 aliphatic rings. The van der Waals surface area contributed by atoms with Crippen molar-refractivity contribution in [1.82, 2.24) is 14.8 Å². The van der Waals surface area contributed by atoms with E-state index in [1.807, 2.05) is 11.0 Å². The van der Waals surface area contributed by atoms with Crippen molar-refractivity contribution in [2.24, 2.45) is 0 Å². The maximum atomic E-state index is 15.1. The highest BCUT2D eigenvalue weighted by molar-refractivity contribution is 7.91. The number of hydrogen-bond acceptors (Lipinski definition) is 5. The van der Waals surface area contributed by atoms with Crippen LogP contribution in [0.5, 0.6) is 0 Å². The largest absolute Gasteiger partial charge is 0.379 e. The molecule has 4 rings (SSSR count). The zero-order valence-electron chi connectivity index (χ0n) is 17.7. The normalized spacial score (nSPS) is 15.2. The molecule has 0 unspecified atom stereocenters. The number of ether oxygens (including phenoxy) is 1. The number of halogens is 2. The summed E-state index contributed by atoms with van der Waals surface area (Å²) in [6, 6.07) is 7.07. The second kappa shape index (κ2) is 8.82. The lowest BCUT2D eigenvalue weighted by Crippen LogP contribution is -2.44. The maximum absolute atomic E-state index is 15.1. The Hall–Kier alpha value is -2.46. The molecule has 0 spiro atoms. The first-order valence-electron chi connectivity index (χ1n) is 10.1. The number of rotatable bonds is 4. The lowest BCUT2D eigenvalue weighted by Gasteiger charge is -2.26. The zero-order chi connectivity index (χ0) is 23.0. The van der Waals surface area contributed by atoms with Gasteiger partial charge in [0.05, 0.1) is 40.7 Å². The molecule has 0 saturated carbocycles. The molecular formula is C22H23ClFN3O4S. The molecule has 1 amide bonds. The Balaban J connectivity index is 1.79. The van der Waals surface area contributed by atoms with E-state index in [1.165, 1.54) is 24.3 Å². The third-order valence-electron chi connectivity index (χ3n) is 5.40. The van der Waals surface area contributed by atoms with E-state index in [0.29, 0.717) is 26.3 Å². The number of hydrogen-bond donors (Lipinski definition) is 1. The molecule has 0 atom stereocenters. The molecule has 170 valence electrons. The van der Waals surface area contributed by atoms with Gasteiger partial charge < -0.3 is 10.1 Å². The van der Waals surface area contributed by atoms with Gasteiger partial charge in [0.1, 0.15) is 4.90 Å². The number of aryl methyl sites for hydroxylation is 2. The smallest absolute Gasteiger partial charge is 0.327 e. The fraction of sp³-hybridized carbons (Fsp3) is 0.318. The Morgan fingerprint density at radius 2 is 1.81 bits per heavy atom. The Kier molecular flexibility index (Phi) is 6.26. The van der Waals surface area contributed by atoms with Crippen LogP contribution in [0.4, 0.5) is 9.18 Å². The van der Waals surface area contributed by atoms with Gasteiger partial charge in [0.2, 0.25) is 9.84 Å². The second-order valence-electron chi connectivity index (χ2n) is 7.82. The number of amides is 1. The van der Waals surface area contributed by atoms with Crippen LogP contribution in [0.3, 0.4) is 0 Å². The van der Waals surface area contributed by atoms with Crippen LogP contribution in [-0.2, 0) is 14.6 Å². The van der Waals surface area contributed by atoms with Gasteiger partial charge in [-0.2, -0.15) is 0 Å². The molecule has 2 heterocycles. The van der Waals surface area contributed by atoms with Crippen molar-refractivity contribution in [2.75, 3.05) is 33.0 Å². The van der Waals surface area contributed by atoms with Gasteiger partial charge in [0.15, 0.2) is 5.82 Å². The van der Waals surface area contributed by atoms with Gasteiger partial charge in [0.25, 0.3) is 0 Å². The Bertz CT molecular complexity index is 1280. The number of benzene rings is 2. The van der Waals surface area contributed by atoms with Crippen LogP contribution in [0.2, 0.25) is 5.02 Å². The summed E-state index contributed by atoms with van der Waals surface area (Å²) in [6.07, 6.45) is 1.16. The van der Waals surface area contributed by atoms with Gasteiger partial charge in [-0.05, 0) is 49.2 Å². The highest BCUT2D eigenvalue weighted by Gasteiger charge is 2.28. The van der Waals surface area contributed by atoms with Crippen molar-refractivity contribution < 1.29 is 22.3 Å². The van der Waals surface area contributed by atoms with Gasteiger partial charge in [-0.1, -0.05) is 17.7 Å². The van der Waals surface area contributed by atoms with Crippen LogP contribution in [0.25, 0.3) is 10.9 Å². The molecule has 1 aliphatic heterocycles. The topological polar surface area (TPSA) is 80.6 Å². The summed E-state index contributed by atoms with van der Waals surface area (Å²) in [5.74, 6) is -0.883. The number of carbonyl (C=O) groups is 1.